The largest absolute Gasteiger partial charge is 0.506 e. The fourth-order valence-corrected chi connectivity index (χ4v) is 4.07. The van der Waals surface area contributed by atoms with E-state index in [1.165, 1.54) is 11.8 Å². The number of aromatic hydroxyl groups is 1. The van der Waals surface area contributed by atoms with Gasteiger partial charge in [0.1, 0.15) is 5.75 Å². The van der Waals surface area contributed by atoms with Crippen molar-refractivity contribution in [2.24, 2.45) is 0 Å². The lowest BCUT2D eigenvalue weighted by molar-refractivity contribution is -0.113. The van der Waals surface area contributed by atoms with Crippen LogP contribution in [0.15, 0.2) is 47.4 Å². The minimum atomic E-state index is -0.0385. The quantitative estimate of drug-likeness (QED) is 0.850. The monoisotopic (exact) mass is 369 g/mol. The third-order valence-electron chi connectivity index (χ3n) is 4.65. The van der Waals surface area contributed by atoms with Crippen molar-refractivity contribution in [3.05, 3.63) is 48.0 Å². The lowest BCUT2D eigenvalue weighted by Crippen LogP contribution is -2.48. The van der Waals surface area contributed by atoms with Gasteiger partial charge in [-0.2, -0.15) is 0 Å². The number of thioether (sulfide) groups is 1. The van der Waals surface area contributed by atoms with Crippen LogP contribution in [0, 0.1) is 0 Å². The maximum Gasteiger partial charge on any atom is 0.254 e. The molecule has 0 atom stereocenters. The third-order valence-corrected chi connectivity index (χ3v) is 5.72. The zero-order chi connectivity index (χ0) is 18.1. The number of nitrogens with one attached hydrogen (secondary N) is 1. The molecule has 2 aromatic carbocycles. The van der Waals surface area contributed by atoms with Crippen molar-refractivity contribution in [1.82, 2.24) is 4.90 Å². The van der Waals surface area contributed by atoms with E-state index in [-0.39, 0.29) is 17.6 Å². The van der Waals surface area contributed by atoms with E-state index in [1.807, 2.05) is 29.2 Å². The summed E-state index contributed by atoms with van der Waals surface area (Å²) < 4.78 is 0. The average Bonchev–Trinajstić information content (AvgIpc) is 2.67. The molecule has 2 N–H and O–H groups in total. The van der Waals surface area contributed by atoms with Gasteiger partial charge in [-0.05, 0) is 30.3 Å². The molecule has 4 rings (SSSR count). The fraction of sp³-hybridized carbons (Fsp3) is 0.263. The first kappa shape index (κ1) is 16.8. The van der Waals surface area contributed by atoms with E-state index in [4.69, 9.17) is 0 Å². The third kappa shape index (κ3) is 3.22. The van der Waals surface area contributed by atoms with Crippen molar-refractivity contribution in [2.45, 2.75) is 4.90 Å². The highest BCUT2D eigenvalue weighted by molar-refractivity contribution is 8.00. The second-order valence-electron chi connectivity index (χ2n) is 6.32. The van der Waals surface area contributed by atoms with Gasteiger partial charge in [0.25, 0.3) is 5.91 Å². The molecule has 134 valence electrons. The molecule has 2 amide bonds. The number of phenols is 1. The van der Waals surface area contributed by atoms with E-state index in [1.54, 1.807) is 18.2 Å². The molecule has 0 radical (unpaired) electrons. The molecular weight excluding hydrogens is 350 g/mol. The second kappa shape index (κ2) is 6.92. The van der Waals surface area contributed by atoms with Gasteiger partial charge in [-0.3, -0.25) is 9.59 Å². The molecule has 7 heteroatoms. The maximum atomic E-state index is 12.8. The Morgan fingerprint density at radius 2 is 1.85 bits per heavy atom. The van der Waals surface area contributed by atoms with E-state index in [2.05, 4.69) is 10.2 Å². The van der Waals surface area contributed by atoms with E-state index in [0.29, 0.717) is 43.2 Å². The second-order valence-corrected chi connectivity index (χ2v) is 7.33. The first-order chi connectivity index (χ1) is 12.6. The maximum absolute atomic E-state index is 12.8. The summed E-state index contributed by atoms with van der Waals surface area (Å²) in [7, 11) is 0. The minimum Gasteiger partial charge on any atom is -0.506 e. The molecule has 2 aromatic rings. The van der Waals surface area contributed by atoms with Gasteiger partial charge in [0, 0.05) is 36.6 Å². The molecule has 1 fully saturated rings. The Bertz CT molecular complexity index is 863. The number of nitrogens with zero attached hydrogens (tertiary/aromatic N) is 2. The number of piperazine rings is 1. The van der Waals surface area contributed by atoms with Gasteiger partial charge in [-0.15, -0.1) is 11.8 Å². The molecule has 2 aliphatic heterocycles. The van der Waals surface area contributed by atoms with Crippen LogP contribution in [0.25, 0.3) is 0 Å². The van der Waals surface area contributed by atoms with Gasteiger partial charge in [0.05, 0.1) is 17.1 Å². The summed E-state index contributed by atoms with van der Waals surface area (Å²) in [6.07, 6.45) is 0. The Labute approximate surface area is 155 Å². The first-order valence-electron chi connectivity index (χ1n) is 8.51. The number of hydrogen-bond donors (Lipinski definition) is 2. The summed E-state index contributed by atoms with van der Waals surface area (Å²) >= 11 is 1.48. The van der Waals surface area contributed by atoms with Crippen molar-refractivity contribution >= 4 is 35.0 Å². The average molecular weight is 369 g/mol. The predicted octanol–water partition coefficient (Wildman–Crippen LogP) is 2.40. The van der Waals surface area contributed by atoms with Crippen molar-refractivity contribution < 1.29 is 14.7 Å². The van der Waals surface area contributed by atoms with Crippen molar-refractivity contribution in [3.63, 3.8) is 0 Å². The van der Waals surface area contributed by atoms with Gasteiger partial charge in [-0.1, -0.05) is 12.1 Å². The number of para-hydroxylation sites is 2. The van der Waals surface area contributed by atoms with Crippen molar-refractivity contribution in [2.75, 3.05) is 42.1 Å². The highest BCUT2D eigenvalue weighted by atomic mass is 32.2. The van der Waals surface area contributed by atoms with E-state index >= 15 is 0 Å². The van der Waals surface area contributed by atoms with E-state index < -0.39 is 0 Å². The molecule has 0 bridgehead atoms. The number of carbonyl (C=O) groups excluding carboxylic acids is 2. The topological polar surface area (TPSA) is 72.9 Å². The van der Waals surface area contributed by atoms with E-state index in [9.17, 15) is 14.7 Å². The Hall–Kier alpha value is -2.67. The fourth-order valence-electron chi connectivity index (χ4n) is 3.28. The first-order valence-corrected chi connectivity index (χ1v) is 9.49. The zero-order valence-electron chi connectivity index (χ0n) is 14.1. The number of amides is 2. The van der Waals surface area contributed by atoms with Crippen LogP contribution >= 0.6 is 11.8 Å². The van der Waals surface area contributed by atoms with Crippen LogP contribution < -0.4 is 10.2 Å². The standard InChI is InChI=1S/C19H19N3O3S/c23-16-4-2-1-3-15(16)21-7-9-22(10-8-21)19(25)13-5-6-17-14(11-13)20-18(24)12-26-17/h1-6,11,23H,7-10,12H2,(H,20,24). The Kier molecular flexibility index (Phi) is 4.46. The summed E-state index contributed by atoms with van der Waals surface area (Å²) in [4.78, 5) is 29.3. The van der Waals surface area contributed by atoms with Crippen molar-refractivity contribution in [1.29, 1.82) is 0 Å². The summed E-state index contributed by atoms with van der Waals surface area (Å²) in [6.45, 7) is 2.51. The number of carbonyl (C=O) groups is 2. The molecule has 0 unspecified atom stereocenters. The lowest BCUT2D eigenvalue weighted by atomic mass is 10.1. The summed E-state index contributed by atoms with van der Waals surface area (Å²) in [6, 6.07) is 12.7. The number of hydrogen-bond acceptors (Lipinski definition) is 5. The van der Waals surface area contributed by atoms with Gasteiger partial charge in [0.2, 0.25) is 5.91 Å². The Balaban J connectivity index is 1.45. The van der Waals surface area contributed by atoms with Crippen LogP contribution in [0.5, 0.6) is 5.75 Å². The number of fused-ring (bicyclic) bond motifs is 1. The van der Waals surface area contributed by atoms with Crippen LogP contribution in [0.2, 0.25) is 0 Å². The van der Waals surface area contributed by atoms with Gasteiger partial charge in [-0.25, -0.2) is 0 Å². The van der Waals surface area contributed by atoms with Crippen LogP contribution in [-0.2, 0) is 4.79 Å². The number of anilines is 2. The van der Waals surface area contributed by atoms with Crippen molar-refractivity contribution in [3.8, 4) is 5.75 Å². The molecule has 1 saturated heterocycles. The highest BCUT2D eigenvalue weighted by Crippen LogP contribution is 2.32. The van der Waals surface area contributed by atoms with Crippen LogP contribution in [0.1, 0.15) is 10.4 Å². The minimum absolute atomic E-state index is 0.0328. The number of phenolic OH excluding ortho intramolecular Hbond substituents is 1. The molecule has 0 spiro atoms. The van der Waals surface area contributed by atoms with E-state index in [0.717, 1.165) is 10.6 Å². The summed E-state index contributed by atoms with van der Waals surface area (Å²) in [5.74, 6) is 0.599. The number of rotatable bonds is 2. The molecule has 2 heterocycles. The van der Waals surface area contributed by atoms with Gasteiger partial charge < -0.3 is 20.2 Å². The molecule has 2 aliphatic rings. The highest BCUT2D eigenvalue weighted by Gasteiger charge is 2.25. The summed E-state index contributed by atoms with van der Waals surface area (Å²) in [5, 5.41) is 12.8. The van der Waals surface area contributed by atoms with Crippen LogP contribution in [0.3, 0.4) is 0 Å². The normalized spacial score (nSPS) is 16.8. The molecular formula is C19H19N3O3S. The lowest BCUT2D eigenvalue weighted by Gasteiger charge is -2.36. The SMILES string of the molecule is O=C1CSc2ccc(C(=O)N3CCN(c4ccccc4O)CC3)cc2N1. The smallest absolute Gasteiger partial charge is 0.254 e. The molecule has 6 nitrogen and oxygen atoms in total. The molecule has 0 aromatic heterocycles. The van der Waals surface area contributed by atoms with Crippen LogP contribution in [0.4, 0.5) is 11.4 Å². The molecule has 26 heavy (non-hydrogen) atoms. The van der Waals surface area contributed by atoms with Crippen LogP contribution in [-0.4, -0.2) is 53.8 Å². The molecule has 0 saturated carbocycles. The summed E-state index contributed by atoms with van der Waals surface area (Å²) in [5.41, 5.74) is 2.10. The zero-order valence-corrected chi connectivity index (χ0v) is 15.0. The van der Waals surface area contributed by atoms with Gasteiger partial charge >= 0.3 is 0 Å². The molecule has 0 aliphatic carbocycles. The predicted molar refractivity (Wildman–Crippen MR) is 102 cm³/mol. The Morgan fingerprint density at radius 1 is 1.08 bits per heavy atom. The number of benzene rings is 2. The Morgan fingerprint density at radius 3 is 2.62 bits per heavy atom. The van der Waals surface area contributed by atoms with Gasteiger partial charge in [0.15, 0.2) is 0 Å².